The molecule has 1 atom stereocenters. The monoisotopic (exact) mass is 403 g/mol. The van der Waals surface area contributed by atoms with E-state index in [1.807, 2.05) is 67.6 Å². The Balaban J connectivity index is 1.38. The van der Waals surface area contributed by atoms with E-state index < -0.39 is 0 Å². The molecule has 0 saturated carbocycles. The summed E-state index contributed by atoms with van der Waals surface area (Å²) < 4.78 is 0. The summed E-state index contributed by atoms with van der Waals surface area (Å²) in [6.07, 6.45) is 0. The van der Waals surface area contributed by atoms with E-state index in [0.717, 1.165) is 21.8 Å². The summed E-state index contributed by atoms with van der Waals surface area (Å²) in [5.74, 6) is -0.249. The number of thioether (sulfide) groups is 1. The molecule has 29 heavy (non-hydrogen) atoms. The van der Waals surface area contributed by atoms with Crippen LogP contribution < -0.4 is 16.0 Å². The van der Waals surface area contributed by atoms with Gasteiger partial charge >= 0.3 is 0 Å². The van der Waals surface area contributed by atoms with Crippen molar-refractivity contribution in [3.05, 3.63) is 83.9 Å². The van der Waals surface area contributed by atoms with Crippen LogP contribution in [0.15, 0.2) is 77.7 Å². The molecule has 4 rings (SSSR count). The quantitative estimate of drug-likeness (QED) is 0.562. The number of nitrogens with one attached hydrogen (secondary N) is 3. The van der Waals surface area contributed by atoms with Gasteiger partial charge in [-0.05, 0) is 55.0 Å². The zero-order chi connectivity index (χ0) is 20.2. The molecule has 1 aliphatic rings. The number of anilines is 3. The van der Waals surface area contributed by atoms with Crippen LogP contribution in [0.3, 0.4) is 0 Å². The molecule has 0 unspecified atom stereocenters. The van der Waals surface area contributed by atoms with Gasteiger partial charge in [-0.3, -0.25) is 9.59 Å². The van der Waals surface area contributed by atoms with Gasteiger partial charge in [0.15, 0.2) is 0 Å². The van der Waals surface area contributed by atoms with Gasteiger partial charge in [0, 0.05) is 28.4 Å². The number of hydrogen-bond donors (Lipinski definition) is 3. The minimum Gasteiger partial charge on any atom is -0.381 e. The Labute approximate surface area is 173 Å². The summed E-state index contributed by atoms with van der Waals surface area (Å²) in [5.41, 5.74) is 4.11. The predicted molar refractivity (Wildman–Crippen MR) is 119 cm³/mol. The molecule has 0 radical (unpaired) electrons. The average Bonchev–Trinajstić information content (AvgIpc) is 2.74. The van der Waals surface area contributed by atoms with Crippen molar-refractivity contribution in [1.82, 2.24) is 0 Å². The minimum atomic E-state index is -0.208. The van der Waals surface area contributed by atoms with Crippen LogP contribution >= 0.6 is 11.8 Å². The smallest absolute Gasteiger partial charge is 0.255 e. The van der Waals surface area contributed by atoms with Crippen molar-refractivity contribution in [2.75, 3.05) is 16.0 Å². The van der Waals surface area contributed by atoms with Gasteiger partial charge in [0.05, 0.1) is 10.9 Å². The Kier molecular flexibility index (Phi) is 5.53. The van der Waals surface area contributed by atoms with Crippen molar-refractivity contribution >= 4 is 40.6 Å². The lowest BCUT2D eigenvalue weighted by Crippen LogP contribution is -2.26. The molecule has 0 aromatic heterocycles. The highest BCUT2D eigenvalue weighted by molar-refractivity contribution is 8.00. The van der Waals surface area contributed by atoms with Gasteiger partial charge in [0.25, 0.3) is 5.91 Å². The van der Waals surface area contributed by atoms with Gasteiger partial charge in [0.1, 0.15) is 0 Å². The summed E-state index contributed by atoms with van der Waals surface area (Å²) >= 11 is 1.50. The first-order chi connectivity index (χ1) is 14.1. The fraction of sp³-hybridized carbons (Fsp3) is 0.130. The molecule has 1 heterocycles. The Morgan fingerprint density at radius 3 is 2.52 bits per heavy atom. The Morgan fingerprint density at radius 2 is 1.76 bits per heavy atom. The zero-order valence-electron chi connectivity index (χ0n) is 15.9. The standard InChI is InChI=1S/C23H21N3O2S/c1-15-22(27)26-20-13-17(9-12-21(20)29-15)23(28)25-19-10-7-16(8-11-19)14-24-18-5-3-2-4-6-18/h2-13,15,24H,14H2,1H3,(H,25,28)(H,26,27)/t15-/m1/s1. The van der Waals surface area contributed by atoms with Gasteiger partial charge in [-0.2, -0.15) is 0 Å². The van der Waals surface area contributed by atoms with E-state index in [2.05, 4.69) is 16.0 Å². The van der Waals surface area contributed by atoms with Crippen molar-refractivity contribution in [3.8, 4) is 0 Å². The number of rotatable bonds is 5. The van der Waals surface area contributed by atoms with Crippen LogP contribution in [0.5, 0.6) is 0 Å². The van der Waals surface area contributed by atoms with Crippen LogP contribution in [0.2, 0.25) is 0 Å². The van der Waals surface area contributed by atoms with Crippen LogP contribution in [0.4, 0.5) is 17.1 Å². The maximum atomic E-state index is 12.6. The van der Waals surface area contributed by atoms with E-state index in [-0.39, 0.29) is 17.1 Å². The molecule has 6 heteroatoms. The van der Waals surface area contributed by atoms with Crippen molar-refractivity contribution in [2.24, 2.45) is 0 Å². The lowest BCUT2D eigenvalue weighted by Gasteiger charge is -2.21. The molecular formula is C23H21N3O2S. The molecule has 3 aromatic carbocycles. The third-order valence-electron chi connectivity index (χ3n) is 4.65. The number of amides is 2. The second kappa shape index (κ2) is 8.41. The normalized spacial score (nSPS) is 15.2. The first-order valence-corrected chi connectivity index (χ1v) is 10.3. The van der Waals surface area contributed by atoms with Gasteiger partial charge in [-0.15, -0.1) is 11.8 Å². The molecule has 2 amide bonds. The third-order valence-corrected chi connectivity index (χ3v) is 5.83. The van der Waals surface area contributed by atoms with Gasteiger partial charge in [-0.1, -0.05) is 30.3 Å². The van der Waals surface area contributed by atoms with Crippen molar-refractivity contribution < 1.29 is 9.59 Å². The molecule has 3 N–H and O–H groups in total. The fourth-order valence-corrected chi connectivity index (χ4v) is 3.95. The SMILES string of the molecule is C[C@H]1Sc2ccc(C(=O)Nc3ccc(CNc4ccccc4)cc3)cc2NC1=O. The average molecular weight is 404 g/mol. The molecular weight excluding hydrogens is 382 g/mol. The zero-order valence-corrected chi connectivity index (χ0v) is 16.8. The highest BCUT2D eigenvalue weighted by atomic mass is 32.2. The second-order valence-electron chi connectivity index (χ2n) is 6.83. The van der Waals surface area contributed by atoms with Gasteiger partial charge in [-0.25, -0.2) is 0 Å². The van der Waals surface area contributed by atoms with E-state index in [0.29, 0.717) is 17.8 Å². The summed E-state index contributed by atoms with van der Waals surface area (Å²) in [6, 6.07) is 23.1. The first-order valence-electron chi connectivity index (χ1n) is 9.39. The lowest BCUT2D eigenvalue weighted by atomic mass is 10.1. The topological polar surface area (TPSA) is 70.2 Å². The van der Waals surface area contributed by atoms with Crippen LogP contribution in [0, 0.1) is 0 Å². The molecule has 0 spiro atoms. The Morgan fingerprint density at radius 1 is 1.00 bits per heavy atom. The molecule has 0 aliphatic carbocycles. The number of hydrogen-bond acceptors (Lipinski definition) is 4. The second-order valence-corrected chi connectivity index (χ2v) is 8.21. The summed E-state index contributed by atoms with van der Waals surface area (Å²) in [6.45, 7) is 2.57. The van der Waals surface area contributed by atoms with E-state index in [1.165, 1.54) is 11.8 Å². The number of para-hydroxylation sites is 1. The molecule has 0 saturated heterocycles. The van der Waals surface area contributed by atoms with Crippen LogP contribution in [0.25, 0.3) is 0 Å². The van der Waals surface area contributed by atoms with E-state index >= 15 is 0 Å². The Bertz CT molecular complexity index is 1040. The molecule has 146 valence electrons. The van der Waals surface area contributed by atoms with Gasteiger partial charge in [0.2, 0.25) is 5.91 Å². The maximum Gasteiger partial charge on any atom is 0.255 e. The largest absolute Gasteiger partial charge is 0.381 e. The minimum absolute atomic E-state index is 0.0419. The predicted octanol–water partition coefficient (Wildman–Crippen LogP) is 4.98. The molecule has 0 fully saturated rings. The van der Waals surface area contributed by atoms with Crippen LogP contribution in [0.1, 0.15) is 22.8 Å². The summed E-state index contributed by atoms with van der Waals surface area (Å²) in [5, 5.41) is 9.00. The maximum absolute atomic E-state index is 12.6. The number of benzene rings is 3. The molecule has 1 aliphatic heterocycles. The highest BCUT2D eigenvalue weighted by Gasteiger charge is 2.23. The number of carbonyl (C=O) groups excluding carboxylic acids is 2. The van der Waals surface area contributed by atoms with E-state index in [1.54, 1.807) is 12.1 Å². The van der Waals surface area contributed by atoms with Gasteiger partial charge < -0.3 is 16.0 Å². The van der Waals surface area contributed by atoms with Crippen molar-refractivity contribution in [1.29, 1.82) is 0 Å². The Hall–Kier alpha value is -3.25. The first kappa shape index (κ1) is 19.1. The molecule has 3 aromatic rings. The fourth-order valence-electron chi connectivity index (χ4n) is 3.02. The number of fused-ring (bicyclic) bond motifs is 1. The summed E-state index contributed by atoms with van der Waals surface area (Å²) in [4.78, 5) is 25.4. The summed E-state index contributed by atoms with van der Waals surface area (Å²) in [7, 11) is 0. The number of carbonyl (C=O) groups is 2. The van der Waals surface area contributed by atoms with E-state index in [4.69, 9.17) is 0 Å². The van der Waals surface area contributed by atoms with Crippen LogP contribution in [-0.2, 0) is 11.3 Å². The van der Waals surface area contributed by atoms with Crippen molar-refractivity contribution in [2.45, 2.75) is 23.6 Å². The highest BCUT2D eigenvalue weighted by Crippen LogP contribution is 2.36. The third kappa shape index (κ3) is 4.60. The van der Waals surface area contributed by atoms with Crippen molar-refractivity contribution in [3.63, 3.8) is 0 Å². The van der Waals surface area contributed by atoms with E-state index in [9.17, 15) is 9.59 Å². The molecule has 5 nitrogen and oxygen atoms in total. The lowest BCUT2D eigenvalue weighted by molar-refractivity contribution is -0.115. The molecule has 0 bridgehead atoms. The van der Waals surface area contributed by atoms with Crippen LogP contribution in [-0.4, -0.2) is 17.1 Å².